The molecule has 7 heteroatoms. The maximum Gasteiger partial charge on any atom is 0.406 e. The van der Waals surface area contributed by atoms with Gasteiger partial charge in [0.05, 0.1) is 4.92 Å². The molecule has 0 radical (unpaired) electrons. The molecule has 98 valence electrons. The minimum Gasteiger partial charge on any atom is -0.299 e. The van der Waals surface area contributed by atoms with Crippen LogP contribution >= 0.6 is 0 Å². The van der Waals surface area contributed by atoms with E-state index in [0.717, 1.165) is 0 Å². The number of nitro benzene ring substituents is 1. The third kappa shape index (κ3) is 2.45. The highest BCUT2D eigenvalue weighted by Gasteiger charge is 2.62. The van der Waals surface area contributed by atoms with Gasteiger partial charge in [0, 0.05) is 18.7 Å². The molecule has 18 heavy (non-hydrogen) atoms. The number of hydrogen-bond acceptors (Lipinski definition) is 3. The molecule has 0 unspecified atom stereocenters. The lowest BCUT2D eigenvalue weighted by Crippen LogP contribution is -2.44. The van der Waals surface area contributed by atoms with Crippen molar-refractivity contribution in [2.45, 2.75) is 31.1 Å². The van der Waals surface area contributed by atoms with Crippen LogP contribution in [0.25, 0.3) is 0 Å². The Labute approximate surface area is 101 Å². The molecule has 1 fully saturated rings. The van der Waals surface area contributed by atoms with E-state index in [4.69, 9.17) is 0 Å². The van der Waals surface area contributed by atoms with E-state index in [1.165, 1.54) is 18.2 Å². The van der Waals surface area contributed by atoms with E-state index in [-0.39, 0.29) is 25.1 Å². The fraction of sp³-hybridized carbons (Fsp3) is 0.455. The molecule has 4 nitrogen and oxygen atoms in total. The maximum atomic E-state index is 12.6. The van der Waals surface area contributed by atoms with Gasteiger partial charge in [-0.25, -0.2) is 0 Å². The van der Waals surface area contributed by atoms with Crippen molar-refractivity contribution in [2.24, 2.45) is 0 Å². The highest BCUT2D eigenvalue weighted by atomic mass is 19.4. The highest BCUT2D eigenvalue weighted by Crippen LogP contribution is 2.49. The zero-order chi connectivity index (χ0) is 13.4. The van der Waals surface area contributed by atoms with E-state index >= 15 is 0 Å². The second kappa shape index (κ2) is 4.24. The Balaban J connectivity index is 2.03. The first-order valence-electron chi connectivity index (χ1n) is 5.39. The van der Waals surface area contributed by atoms with E-state index in [0.29, 0.717) is 5.56 Å². The van der Waals surface area contributed by atoms with Crippen LogP contribution < -0.4 is 5.32 Å². The van der Waals surface area contributed by atoms with Gasteiger partial charge in [-0.15, -0.1) is 0 Å². The van der Waals surface area contributed by atoms with Gasteiger partial charge in [-0.1, -0.05) is 12.1 Å². The predicted molar refractivity (Wildman–Crippen MR) is 58.0 cm³/mol. The van der Waals surface area contributed by atoms with Crippen LogP contribution in [-0.4, -0.2) is 16.6 Å². The molecule has 0 aliphatic heterocycles. The standard InChI is InChI=1S/C11H11F3N2O2/c12-11(13,14)10(4-5-10)15-7-8-2-1-3-9(6-8)16(17)18/h1-3,6,15H,4-5,7H2. The average molecular weight is 260 g/mol. The van der Waals surface area contributed by atoms with Gasteiger partial charge in [0.1, 0.15) is 5.54 Å². The van der Waals surface area contributed by atoms with Gasteiger partial charge in [0.15, 0.2) is 0 Å². The maximum absolute atomic E-state index is 12.6. The predicted octanol–water partition coefficient (Wildman–Crippen LogP) is 2.78. The number of nitrogens with zero attached hydrogens (tertiary/aromatic N) is 1. The minimum atomic E-state index is -4.27. The van der Waals surface area contributed by atoms with E-state index < -0.39 is 16.6 Å². The molecule has 0 amide bonds. The second-order valence-electron chi connectivity index (χ2n) is 4.36. The Bertz CT molecular complexity index is 470. The number of rotatable bonds is 4. The topological polar surface area (TPSA) is 55.2 Å². The molecule has 0 atom stereocenters. The van der Waals surface area contributed by atoms with Crippen molar-refractivity contribution in [3.8, 4) is 0 Å². The van der Waals surface area contributed by atoms with Gasteiger partial charge >= 0.3 is 6.18 Å². The molecule has 0 spiro atoms. The SMILES string of the molecule is O=[N+]([O-])c1cccc(CNC2(C(F)(F)F)CC2)c1. The number of non-ortho nitro benzene ring substituents is 1. The summed E-state index contributed by atoms with van der Waals surface area (Å²) in [7, 11) is 0. The van der Waals surface area contributed by atoms with Crippen molar-refractivity contribution in [1.82, 2.24) is 5.32 Å². The fourth-order valence-electron chi connectivity index (χ4n) is 1.74. The number of benzene rings is 1. The number of halogens is 3. The highest BCUT2D eigenvalue weighted by molar-refractivity contribution is 5.34. The van der Waals surface area contributed by atoms with Gasteiger partial charge in [0.2, 0.25) is 0 Å². The molecule has 1 N–H and O–H groups in total. The quantitative estimate of drug-likeness (QED) is 0.669. The molecule has 1 saturated carbocycles. The molecule has 0 heterocycles. The molecule has 1 aromatic carbocycles. The summed E-state index contributed by atoms with van der Waals surface area (Å²) in [5, 5.41) is 13.0. The lowest BCUT2D eigenvalue weighted by Gasteiger charge is -2.20. The smallest absolute Gasteiger partial charge is 0.299 e. The third-order valence-electron chi connectivity index (χ3n) is 3.04. The van der Waals surface area contributed by atoms with Crippen LogP contribution in [0.4, 0.5) is 18.9 Å². The molecule has 1 aromatic rings. The van der Waals surface area contributed by atoms with Crippen LogP contribution in [0.5, 0.6) is 0 Å². The number of nitro groups is 1. The first-order valence-corrected chi connectivity index (χ1v) is 5.39. The van der Waals surface area contributed by atoms with E-state index in [2.05, 4.69) is 5.32 Å². The first kappa shape index (κ1) is 12.8. The molecule has 0 bridgehead atoms. The van der Waals surface area contributed by atoms with E-state index in [9.17, 15) is 23.3 Å². The lowest BCUT2D eigenvalue weighted by molar-refractivity contribution is -0.384. The molecule has 1 aliphatic carbocycles. The van der Waals surface area contributed by atoms with E-state index in [1.54, 1.807) is 6.07 Å². The van der Waals surface area contributed by atoms with Gasteiger partial charge in [-0.05, 0) is 18.4 Å². The minimum absolute atomic E-state index is 0.0266. The molecule has 0 saturated heterocycles. The Morgan fingerprint density at radius 1 is 1.39 bits per heavy atom. The number of hydrogen-bond donors (Lipinski definition) is 1. The number of alkyl halides is 3. The van der Waals surface area contributed by atoms with Crippen molar-refractivity contribution in [3.63, 3.8) is 0 Å². The third-order valence-corrected chi connectivity index (χ3v) is 3.04. The Kier molecular flexibility index (Phi) is 3.02. The van der Waals surface area contributed by atoms with Crippen molar-refractivity contribution in [2.75, 3.05) is 0 Å². The normalized spacial score (nSPS) is 17.5. The summed E-state index contributed by atoms with van der Waals surface area (Å²) in [6.07, 6.45) is -4.15. The van der Waals surface area contributed by atoms with Crippen LogP contribution in [0.1, 0.15) is 18.4 Å². The Hall–Kier alpha value is -1.63. The zero-order valence-corrected chi connectivity index (χ0v) is 9.33. The summed E-state index contributed by atoms with van der Waals surface area (Å²) in [5.41, 5.74) is -1.44. The van der Waals surface area contributed by atoms with Gasteiger partial charge in [0.25, 0.3) is 5.69 Å². The van der Waals surface area contributed by atoms with Gasteiger partial charge < -0.3 is 0 Å². The molecule has 2 rings (SSSR count). The summed E-state index contributed by atoms with van der Waals surface area (Å²) in [6, 6.07) is 5.61. The summed E-state index contributed by atoms with van der Waals surface area (Å²) in [4.78, 5) is 9.96. The fourth-order valence-corrected chi connectivity index (χ4v) is 1.74. The van der Waals surface area contributed by atoms with Gasteiger partial charge in [-0.3, -0.25) is 15.4 Å². The second-order valence-corrected chi connectivity index (χ2v) is 4.36. The van der Waals surface area contributed by atoms with Crippen LogP contribution in [-0.2, 0) is 6.54 Å². The first-order chi connectivity index (χ1) is 8.34. The van der Waals surface area contributed by atoms with Crippen molar-refractivity contribution < 1.29 is 18.1 Å². The summed E-state index contributed by atoms with van der Waals surface area (Å²) in [6.45, 7) is -0.0266. The van der Waals surface area contributed by atoms with Crippen LogP contribution in [0, 0.1) is 10.1 Å². The van der Waals surface area contributed by atoms with Crippen LogP contribution in [0.2, 0.25) is 0 Å². The summed E-state index contributed by atoms with van der Waals surface area (Å²) in [5.74, 6) is 0. The van der Waals surface area contributed by atoms with Crippen LogP contribution in [0.15, 0.2) is 24.3 Å². The molecule has 0 aromatic heterocycles. The molecular formula is C11H11F3N2O2. The van der Waals surface area contributed by atoms with Gasteiger partial charge in [-0.2, -0.15) is 13.2 Å². The van der Waals surface area contributed by atoms with Crippen molar-refractivity contribution in [3.05, 3.63) is 39.9 Å². The molecular weight excluding hydrogens is 249 g/mol. The molecule has 1 aliphatic rings. The number of nitrogens with one attached hydrogen (secondary N) is 1. The largest absolute Gasteiger partial charge is 0.406 e. The van der Waals surface area contributed by atoms with Crippen molar-refractivity contribution >= 4 is 5.69 Å². The Morgan fingerprint density at radius 3 is 2.56 bits per heavy atom. The zero-order valence-electron chi connectivity index (χ0n) is 9.33. The summed E-state index contributed by atoms with van der Waals surface area (Å²) >= 11 is 0. The average Bonchev–Trinajstić information content (AvgIpc) is 3.07. The lowest BCUT2D eigenvalue weighted by atomic mass is 10.1. The van der Waals surface area contributed by atoms with Crippen molar-refractivity contribution in [1.29, 1.82) is 0 Å². The van der Waals surface area contributed by atoms with E-state index in [1.807, 2.05) is 0 Å². The summed E-state index contributed by atoms with van der Waals surface area (Å²) < 4.78 is 37.9. The van der Waals surface area contributed by atoms with Crippen LogP contribution in [0.3, 0.4) is 0 Å². The monoisotopic (exact) mass is 260 g/mol. The Morgan fingerprint density at radius 2 is 2.06 bits per heavy atom.